The highest BCUT2D eigenvalue weighted by Crippen LogP contribution is 2.42. The van der Waals surface area contributed by atoms with Crippen molar-refractivity contribution in [1.82, 2.24) is 5.32 Å². The Morgan fingerprint density at radius 1 is 1.14 bits per heavy atom. The summed E-state index contributed by atoms with van der Waals surface area (Å²) in [7, 11) is 0. The fourth-order valence-corrected chi connectivity index (χ4v) is 3.82. The standard InChI is InChI=1S/C19H31NO/c1-5-20-18(17-12-10-11-15(3)16(17)4)19(21-6-2)13-8-7-9-14-19/h10-12,18,20H,5-9,13-14H2,1-4H3. The predicted octanol–water partition coefficient (Wildman–Crippen LogP) is 4.69. The van der Waals surface area contributed by atoms with E-state index < -0.39 is 0 Å². The van der Waals surface area contributed by atoms with Crippen molar-refractivity contribution < 1.29 is 4.74 Å². The van der Waals surface area contributed by atoms with Crippen LogP contribution in [0.5, 0.6) is 0 Å². The first kappa shape index (κ1) is 16.5. The molecule has 0 aromatic heterocycles. The summed E-state index contributed by atoms with van der Waals surface area (Å²) in [5.74, 6) is 0. The Bertz CT molecular complexity index is 443. The molecule has 0 amide bonds. The lowest BCUT2D eigenvalue weighted by molar-refractivity contribution is -0.0911. The predicted molar refractivity (Wildman–Crippen MR) is 89.8 cm³/mol. The average molecular weight is 289 g/mol. The van der Waals surface area contributed by atoms with Crippen LogP contribution in [0.3, 0.4) is 0 Å². The van der Waals surface area contributed by atoms with Gasteiger partial charge in [0.2, 0.25) is 0 Å². The fraction of sp³-hybridized carbons (Fsp3) is 0.684. The van der Waals surface area contributed by atoms with Gasteiger partial charge >= 0.3 is 0 Å². The van der Waals surface area contributed by atoms with Gasteiger partial charge in [0, 0.05) is 6.61 Å². The molecule has 1 aromatic carbocycles. The van der Waals surface area contributed by atoms with Crippen LogP contribution in [0, 0.1) is 13.8 Å². The molecule has 2 rings (SSSR count). The highest BCUT2D eigenvalue weighted by molar-refractivity contribution is 5.37. The highest BCUT2D eigenvalue weighted by atomic mass is 16.5. The molecule has 1 aromatic rings. The summed E-state index contributed by atoms with van der Waals surface area (Å²) in [5, 5.41) is 3.74. The van der Waals surface area contributed by atoms with Gasteiger partial charge in [-0.1, -0.05) is 44.4 Å². The summed E-state index contributed by atoms with van der Waals surface area (Å²) in [4.78, 5) is 0. The Labute approximate surface area is 130 Å². The van der Waals surface area contributed by atoms with Crippen LogP contribution in [-0.4, -0.2) is 18.8 Å². The van der Waals surface area contributed by atoms with Gasteiger partial charge in [0.05, 0.1) is 11.6 Å². The molecule has 1 saturated carbocycles. The molecule has 0 radical (unpaired) electrons. The maximum atomic E-state index is 6.37. The van der Waals surface area contributed by atoms with Crippen molar-refractivity contribution >= 4 is 0 Å². The van der Waals surface area contributed by atoms with Crippen molar-refractivity contribution in [2.24, 2.45) is 0 Å². The molecule has 1 aliphatic rings. The topological polar surface area (TPSA) is 21.3 Å². The Morgan fingerprint density at radius 2 is 1.86 bits per heavy atom. The van der Waals surface area contributed by atoms with Gasteiger partial charge in [0.1, 0.15) is 0 Å². The number of hydrogen-bond donors (Lipinski definition) is 1. The molecule has 1 atom stereocenters. The zero-order chi connectivity index (χ0) is 15.3. The Balaban J connectivity index is 2.41. The molecule has 0 heterocycles. The van der Waals surface area contributed by atoms with Crippen LogP contribution < -0.4 is 5.32 Å². The number of benzene rings is 1. The second-order valence-corrected chi connectivity index (χ2v) is 6.34. The zero-order valence-corrected chi connectivity index (χ0v) is 14.2. The van der Waals surface area contributed by atoms with Gasteiger partial charge in [-0.15, -0.1) is 0 Å². The lowest BCUT2D eigenvalue weighted by Crippen LogP contribution is -2.48. The van der Waals surface area contributed by atoms with Crippen molar-refractivity contribution in [3.05, 3.63) is 34.9 Å². The van der Waals surface area contributed by atoms with E-state index in [2.05, 4.69) is 51.2 Å². The molecule has 2 nitrogen and oxygen atoms in total. The Morgan fingerprint density at radius 3 is 2.48 bits per heavy atom. The number of nitrogens with one attached hydrogen (secondary N) is 1. The number of likely N-dealkylation sites (N-methyl/N-ethyl adjacent to an activating group) is 1. The zero-order valence-electron chi connectivity index (χ0n) is 14.2. The van der Waals surface area contributed by atoms with E-state index in [1.54, 1.807) is 0 Å². The molecule has 0 bridgehead atoms. The summed E-state index contributed by atoms with van der Waals surface area (Å²) in [6.07, 6.45) is 6.26. The van der Waals surface area contributed by atoms with Crippen LogP contribution in [0.15, 0.2) is 18.2 Å². The second kappa shape index (κ2) is 7.42. The normalized spacial score (nSPS) is 19.4. The molecule has 1 fully saturated rings. The molecule has 1 N–H and O–H groups in total. The van der Waals surface area contributed by atoms with Crippen LogP contribution in [0.25, 0.3) is 0 Å². The molecular weight excluding hydrogens is 258 g/mol. The smallest absolute Gasteiger partial charge is 0.0876 e. The van der Waals surface area contributed by atoms with Crippen molar-refractivity contribution in [1.29, 1.82) is 0 Å². The third kappa shape index (κ3) is 3.49. The van der Waals surface area contributed by atoms with Crippen molar-refractivity contribution in [2.45, 2.75) is 71.4 Å². The summed E-state index contributed by atoms with van der Waals surface area (Å²) in [5.41, 5.74) is 4.18. The van der Waals surface area contributed by atoms with Crippen molar-refractivity contribution in [2.75, 3.05) is 13.2 Å². The first-order valence-corrected chi connectivity index (χ1v) is 8.58. The maximum Gasteiger partial charge on any atom is 0.0876 e. The molecule has 1 unspecified atom stereocenters. The minimum Gasteiger partial charge on any atom is -0.373 e. The fourth-order valence-electron chi connectivity index (χ4n) is 3.82. The quantitative estimate of drug-likeness (QED) is 0.820. The molecule has 0 spiro atoms. The van der Waals surface area contributed by atoms with Crippen LogP contribution >= 0.6 is 0 Å². The van der Waals surface area contributed by atoms with Gasteiger partial charge in [-0.3, -0.25) is 0 Å². The van der Waals surface area contributed by atoms with Crippen molar-refractivity contribution in [3.8, 4) is 0 Å². The van der Waals surface area contributed by atoms with Gasteiger partial charge < -0.3 is 10.1 Å². The molecule has 2 heteroatoms. The van der Waals surface area contributed by atoms with E-state index in [4.69, 9.17) is 4.74 Å². The minimum atomic E-state index is -0.0262. The first-order valence-electron chi connectivity index (χ1n) is 8.58. The molecule has 0 aliphatic heterocycles. The largest absolute Gasteiger partial charge is 0.373 e. The molecular formula is C19H31NO. The second-order valence-electron chi connectivity index (χ2n) is 6.34. The third-order valence-electron chi connectivity index (χ3n) is 5.02. The molecule has 1 aliphatic carbocycles. The van der Waals surface area contributed by atoms with Crippen LogP contribution in [-0.2, 0) is 4.74 Å². The number of hydrogen-bond acceptors (Lipinski definition) is 2. The molecule has 0 saturated heterocycles. The summed E-state index contributed by atoms with van der Waals surface area (Å²) in [6.45, 7) is 10.6. The summed E-state index contributed by atoms with van der Waals surface area (Å²) < 4.78 is 6.37. The van der Waals surface area contributed by atoms with E-state index in [0.717, 1.165) is 13.2 Å². The number of aryl methyl sites for hydroxylation is 1. The van der Waals surface area contributed by atoms with E-state index in [1.165, 1.54) is 48.8 Å². The molecule has 21 heavy (non-hydrogen) atoms. The van der Waals surface area contributed by atoms with E-state index in [1.807, 2.05) is 0 Å². The minimum absolute atomic E-state index is 0.0262. The van der Waals surface area contributed by atoms with E-state index in [9.17, 15) is 0 Å². The number of rotatable bonds is 6. The lowest BCUT2D eigenvalue weighted by atomic mass is 9.75. The Hall–Kier alpha value is -0.860. The van der Waals surface area contributed by atoms with E-state index >= 15 is 0 Å². The monoisotopic (exact) mass is 289 g/mol. The van der Waals surface area contributed by atoms with Crippen molar-refractivity contribution in [3.63, 3.8) is 0 Å². The van der Waals surface area contributed by atoms with E-state index in [-0.39, 0.29) is 5.60 Å². The number of ether oxygens (including phenoxy) is 1. The SMILES string of the molecule is CCNC(c1cccc(C)c1C)C1(OCC)CCCCC1. The third-order valence-corrected chi connectivity index (χ3v) is 5.02. The first-order chi connectivity index (χ1) is 10.1. The van der Waals surface area contributed by atoms with Gasteiger partial charge in [-0.2, -0.15) is 0 Å². The van der Waals surface area contributed by atoms with E-state index in [0.29, 0.717) is 6.04 Å². The lowest BCUT2D eigenvalue weighted by Gasteiger charge is -2.44. The van der Waals surface area contributed by atoms with Gasteiger partial charge in [0.15, 0.2) is 0 Å². The van der Waals surface area contributed by atoms with Crippen LogP contribution in [0.1, 0.15) is 68.7 Å². The van der Waals surface area contributed by atoms with Crippen LogP contribution in [0.4, 0.5) is 0 Å². The summed E-state index contributed by atoms with van der Waals surface area (Å²) >= 11 is 0. The Kier molecular flexibility index (Phi) is 5.83. The maximum absolute atomic E-state index is 6.37. The van der Waals surface area contributed by atoms with Crippen LogP contribution in [0.2, 0.25) is 0 Å². The van der Waals surface area contributed by atoms with Gasteiger partial charge in [-0.25, -0.2) is 0 Å². The summed E-state index contributed by atoms with van der Waals surface area (Å²) in [6, 6.07) is 6.98. The average Bonchev–Trinajstić information content (AvgIpc) is 2.49. The molecule has 118 valence electrons. The highest BCUT2D eigenvalue weighted by Gasteiger charge is 2.41. The van der Waals surface area contributed by atoms with Gasteiger partial charge in [-0.05, 0) is 56.8 Å². The van der Waals surface area contributed by atoms with Gasteiger partial charge in [0.25, 0.3) is 0 Å².